The molecule has 0 heterocycles. The summed E-state index contributed by atoms with van der Waals surface area (Å²) in [6, 6.07) is 21.9. The van der Waals surface area contributed by atoms with Crippen LogP contribution in [0.25, 0.3) is 0 Å². The van der Waals surface area contributed by atoms with Gasteiger partial charge in [0.05, 0.1) is 11.9 Å². The van der Waals surface area contributed by atoms with E-state index in [2.05, 4.69) is 5.32 Å². The van der Waals surface area contributed by atoms with Crippen LogP contribution in [0.4, 0.5) is 5.69 Å². The maximum absolute atomic E-state index is 13.7. The second-order valence-electron chi connectivity index (χ2n) is 9.01. The number of hydrogen-bond acceptors (Lipinski definition) is 5. The van der Waals surface area contributed by atoms with Gasteiger partial charge in [0.15, 0.2) is 0 Å². The second kappa shape index (κ2) is 14.0. The topological polar surface area (TPSA) is 96.0 Å². The Hall–Kier alpha value is -3.56. The van der Waals surface area contributed by atoms with Crippen molar-refractivity contribution in [1.29, 1.82) is 0 Å². The summed E-state index contributed by atoms with van der Waals surface area (Å²) in [5.74, 6) is 0.336. The van der Waals surface area contributed by atoms with Gasteiger partial charge in [0.2, 0.25) is 21.8 Å². The summed E-state index contributed by atoms with van der Waals surface area (Å²) >= 11 is 6.37. The normalized spacial score (nSPS) is 11.9. The Bertz CT molecular complexity index is 1350. The van der Waals surface area contributed by atoms with Crippen LogP contribution in [0, 0.1) is 0 Å². The van der Waals surface area contributed by atoms with Crippen molar-refractivity contribution in [1.82, 2.24) is 10.2 Å². The molecule has 3 aromatic rings. The standard InChI is InChI=1S/C29H34ClN3O5S/c1-4-19-31-29(35)27(5-2)32(20-22-11-9-10-14-26(22)30)28(34)21-33(39(3,36)37)23-15-17-25(18-16-23)38-24-12-7-6-8-13-24/h6-18,27H,4-5,19-21H2,1-3H3,(H,31,35)/t27-/m1/s1. The Morgan fingerprint density at radius 3 is 2.13 bits per heavy atom. The van der Waals surface area contributed by atoms with Crippen LogP contribution >= 0.6 is 11.6 Å². The molecule has 3 rings (SSSR count). The maximum atomic E-state index is 13.7. The third-order valence-electron chi connectivity index (χ3n) is 6.02. The zero-order chi connectivity index (χ0) is 28.4. The molecule has 3 aromatic carbocycles. The van der Waals surface area contributed by atoms with Crippen molar-refractivity contribution in [3.8, 4) is 11.5 Å². The largest absolute Gasteiger partial charge is 0.457 e. The molecule has 39 heavy (non-hydrogen) atoms. The summed E-state index contributed by atoms with van der Waals surface area (Å²) in [6.45, 7) is 3.78. The average Bonchev–Trinajstić information content (AvgIpc) is 2.92. The number of carbonyl (C=O) groups excluding carboxylic acids is 2. The summed E-state index contributed by atoms with van der Waals surface area (Å²) in [7, 11) is -3.85. The van der Waals surface area contributed by atoms with Crippen LogP contribution in [0.1, 0.15) is 32.3 Å². The van der Waals surface area contributed by atoms with Crippen molar-refractivity contribution in [2.45, 2.75) is 39.3 Å². The van der Waals surface area contributed by atoms with Crippen molar-refractivity contribution in [3.63, 3.8) is 0 Å². The number of nitrogens with one attached hydrogen (secondary N) is 1. The lowest BCUT2D eigenvalue weighted by Gasteiger charge is -2.33. The number of rotatable bonds is 13. The fourth-order valence-corrected chi connectivity index (χ4v) is 5.06. The first kappa shape index (κ1) is 30.0. The first-order chi connectivity index (χ1) is 18.6. The number of anilines is 1. The molecule has 0 saturated heterocycles. The minimum absolute atomic E-state index is 0.0536. The number of carbonyl (C=O) groups is 2. The third kappa shape index (κ3) is 8.46. The van der Waals surface area contributed by atoms with Crippen LogP contribution in [-0.4, -0.2) is 50.5 Å². The quantitative estimate of drug-likeness (QED) is 0.303. The zero-order valence-corrected chi connectivity index (χ0v) is 23.9. The third-order valence-corrected chi connectivity index (χ3v) is 7.53. The number of halogens is 1. The van der Waals surface area contributed by atoms with E-state index >= 15 is 0 Å². The molecule has 2 amide bonds. The number of hydrogen-bond donors (Lipinski definition) is 1. The molecular weight excluding hydrogens is 538 g/mol. The highest BCUT2D eigenvalue weighted by Gasteiger charge is 2.32. The van der Waals surface area contributed by atoms with E-state index in [0.717, 1.165) is 17.0 Å². The van der Waals surface area contributed by atoms with Crippen molar-refractivity contribution < 1.29 is 22.7 Å². The lowest BCUT2D eigenvalue weighted by Crippen LogP contribution is -2.52. The second-order valence-corrected chi connectivity index (χ2v) is 11.3. The first-order valence-electron chi connectivity index (χ1n) is 12.7. The SMILES string of the molecule is CCCNC(=O)[C@@H](CC)N(Cc1ccccc1Cl)C(=O)CN(c1ccc(Oc2ccccc2)cc1)S(C)(=O)=O. The van der Waals surface area contributed by atoms with Gasteiger partial charge >= 0.3 is 0 Å². The summed E-state index contributed by atoms with van der Waals surface area (Å²) in [5, 5.41) is 3.30. The average molecular weight is 572 g/mol. The van der Waals surface area contributed by atoms with Crippen LogP contribution in [-0.2, 0) is 26.2 Å². The molecule has 0 unspecified atom stereocenters. The van der Waals surface area contributed by atoms with Crippen molar-refractivity contribution >= 4 is 39.1 Å². The molecule has 0 radical (unpaired) electrons. The summed E-state index contributed by atoms with van der Waals surface area (Å²) in [5.41, 5.74) is 0.954. The number of nitrogens with zero attached hydrogens (tertiary/aromatic N) is 2. The molecule has 0 bridgehead atoms. The molecule has 0 aliphatic carbocycles. The molecule has 8 nitrogen and oxygen atoms in total. The van der Waals surface area contributed by atoms with Gasteiger partial charge in [-0.2, -0.15) is 0 Å². The molecule has 1 atom stereocenters. The van der Waals surface area contributed by atoms with E-state index in [1.54, 1.807) is 48.5 Å². The van der Waals surface area contributed by atoms with E-state index in [0.29, 0.717) is 40.7 Å². The van der Waals surface area contributed by atoms with Gasteiger partial charge in [-0.05, 0) is 60.9 Å². The van der Waals surface area contributed by atoms with Crippen LogP contribution in [0.5, 0.6) is 11.5 Å². The van der Waals surface area contributed by atoms with Gasteiger partial charge in [-0.25, -0.2) is 8.42 Å². The van der Waals surface area contributed by atoms with Gasteiger partial charge in [-0.3, -0.25) is 13.9 Å². The molecule has 0 aliphatic heterocycles. The van der Waals surface area contributed by atoms with Crippen molar-refractivity contribution in [3.05, 3.63) is 89.4 Å². The Kier molecular flexibility index (Phi) is 10.8. The Balaban J connectivity index is 1.89. The fraction of sp³-hybridized carbons (Fsp3) is 0.310. The molecule has 0 aliphatic rings. The maximum Gasteiger partial charge on any atom is 0.244 e. The van der Waals surface area contributed by atoms with Gasteiger partial charge < -0.3 is 15.0 Å². The number of sulfonamides is 1. The highest BCUT2D eigenvalue weighted by molar-refractivity contribution is 7.92. The predicted molar refractivity (Wildman–Crippen MR) is 155 cm³/mol. The summed E-state index contributed by atoms with van der Waals surface area (Å²) < 4.78 is 32.5. The lowest BCUT2D eigenvalue weighted by atomic mass is 10.1. The summed E-state index contributed by atoms with van der Waals surface area (Å²) in [4.78, 5) is 28.2. The molecular formula is C29H34ClN3O5S. The van der Waals surface area contributed by atoms with Gasteiger partial charge in [0, 0.05) is 18.1 Å². The Morgan fingerprint density at radius 1 is 0.923 bits per heavy atom. The predicted octanol–water partition coefficient (Wildman–Crippen LogP) is 5.23. The highest BCUT2D eigenvalue weighted by atomic mass is 35.5. The monoisotopic (exact) mass is 571 g/mol. The zero-order valence-electron chi connectivity index (χ0n) is 22.3. The number of para-hydroxylation sites is 1. The first-order valence-corrected chi connectivity index (χ1v) is 15.0. The fourth-order valence-electron chi connectivity index (χ4n) is 4.01. The van der Waals surface area contributed by atoms with E-state index in [-0.39, 0.29) is 12.5 Å². The van der Waals surface area contributed by atoms with Gasteiger partial charge in [0.25, 0.3) is 0 Å². The summed E-state index contributed by atoms with van der Waals surface area (Å²) in [6.07, 6.45) is 2.13. The minimum Gasteiger partial charge on any atom is -0.457 e. The minimum atomic E-state index is -3.85. The lowest BCUT2D eigenvalue weighted by molar-refractivity contribution is -0.140. The van der Waals surface area contributed by atoms with E-state index in [1.165, 1.54) is 4.90 Å². The van der Waals surface area contributed by atoms with Crippen LogP contribution < -0.4 is 14.4 Å². The van der Waals surface area contributed by atoms with E-state index < -0.39 is 28.5 Å². The highest BCUT2D eigenvalue weighted by Crippen LogP contribution is 2.26. The molecule has 0 fully saturated rings. The number of benzene rings is 3. The van der Waals surface area contributed by atoms with E-state index in [9.17, 15) is 18.0 Å². The molecule has 0 aromatic heterocycles. The van der Waals surface area contributed by atoms with Crippen LogP contribution in [0.2, 0.25) is 5.02 Å². The molecule has 10 heteroatoms. The van der Waals surface area contributed by atoms with E-state index in [1.807, 2.05) is 44.2 Å². The van der Waals surface area contributed by atoms with Gasteiger partial charge in [0.1, 0.15) is 24.1 Å². The molecule has 0 saturated carbocycles. The van der Waals surface area contributed by atoms with Gasteiger partial charge in [-0.15, -0.1) is 0 Å². The number of ether oxygens (including phenoxy) is 1. The Labute approximate surface area is 235 Å². The van der Waals surface area contributed by atoms with Crippen LogP contribution in [0.15, 0.2) is 78.9 Å². The van der Waals surface area contributed by atoms with Gasteiger partial charge in [-0.1, -0.05) is 61.8 Å². The van der Waals surface area contributed by atoms with Crippen molar-refractivity contribution in [2.24, 2.45) is 0 Å². The van der Waals surface area contributed by atoms with Crippen LogP contribution in [0.3, 0.4) is 0 Å². The smallest absolute Gasteiger partial charge is 0.244 e. The Morgan fingerprint density at radius 2 is 1.54 bits per heavy atom. The molecule has 208 valence electrons. The molecule has 1 N–H and O–H groups in total. The van der Waals surface area contributed by atoms with Crippen molar-refractivity contribution in [2.75, 3.05) is 23.7 Å². The van der Waals surface area contributed by atoms with E-state index in [4.69, 9.17) is 16.3 Å². The molecule has 0 spiro atoms. The number of amides is 2.